The highest BCUT2D eigenvalue weighted by Crippen LogP contribution is 2.44. The summed E-state index contributed by atoms with van der Waals surface area (Å²) in [5.74, 6) is -0.304. The smallest absolute Gasteiger partial charge is 0.410 e. The van der Waals surface area contributed by atoms with Gasteiger partial charge in [-0.15, -0.1) is 0 Å². The van der Waals surface area contributed by atoms with Gasteiger partial charge >= 0.3 is 6.18 Å². The van der Waals surface area contributed by atoms with E-state index in [2.05, 4.69) is 15.7 Å². The minimum Gasteiger partial charge on any atom is -0.467 e. The molecular formula is C18H14ClF3N4O2. The van der Waals surface area contributed by atoms with Crippen LogP contribution in [0.3, 0.4) is 0 Å². The zero-order valence-electron chi connectivity index (χ0n) is 14.2. The lowest BCUT2D eigenvalue weighted by molar-refractivity contribution is -0.174. The molecule has 2 aromatic heterocycles. The lowest BCUT2D eigenvalue weighted by atomic mass is 10.0. The van der Waals surface area contributed by atoms with Crippen LogP contribution in [0.25, 0.3) is 0 Å². The monoisotopic (exact) mass is 410 g/mol. The summed E-state index contributed by atoms with van der Waals surface area (Å²) in [6, 6.07) is 7.10. The Morgan fingerprint density at radius 1 is 1.29 bits per heavy atom. The molecule has 4 rings (SSSR count). The number of hydrogen-bond acceptors (Lipinski definition) is 4. The molecule has 1 amide bonds. The molecule has 0 spiro atoms. The number of para-hydroxylation sites is 1. The molecule has 10 heteroatoms. The van der Waals surface area contributed by atoms with Crippen LogP contribution in [-0.4, -0.2) is 21.9 Å². The number of furan rings is 1. The summed E-state index contributed by atoms with van der Waals surface area (Å²) in [7, 11) is 0. The van der Waals surface area contributed by atoms with Crippen LogP contribution in [0, 0.1) is 0 Å². The first-order valence-electron chi connectivity index (χ1n) is 8.34. The largest absolute Gasteiger partial charge is 0.467 e. The fourth-order valence-corrected chi connectivity index (χ4v) is 3.34. The zero-order chi connectivity index (χ0) is 19.9. The van der Waals surface area contributed by atoms with E-state index in [1.54, 1.807) is 36.4 Å². The van der Waals surface area contributed by atoms with Gasteiger partial charge in [-0.3, -0.25) is 4.79 Å². The second-order valence-electron chi connectivity index (χ2n) is 6.29. The molecule has 3 heterocycles. The predicted octanol–water partition coefficient (Wildman–Crippen LogP) is 5.04. The molecule has 1 aromatic carbocycles. The van der Waals surface area contributed by atoms with Gasteiger partial charge in [0.15, 0.2) is 6.04 Å². The molecule has 146 valence electrons. The predicted molar refractivity (Wildman–Crippen MR) is 96.4 cm³/mol. The first-order valence-corrected chi connectivity index (χ1v) is 8.72. The van der Waals surface area contributed by atoms with E-state index in [1.165, 1.54) is 6.26 Å². The lowest BCUT2D eigenvalue weighted by Crippen LogP contribution is -2.36. The number of carbonyl (C=O) groups excluding carboxylic acids is 1. The van der Waals surface area contributed by atoms with Crippen LogP contribution in [0.1, 0.15) is 34.6 Å². The Morgan fingerprint density at radius 3 is 2.75 bits per heavy atom. The first kappa shape index (κ1) is 18.4. The number of amides is 1. The van der Waals surface area contributed by atoms with Crippen molar-refractivity contribution < 1.29 is 22.4 Å². The van der Waals surface area contributed by atoms with E-state index in [-0.39, 0.29) is 17.8 Å². The molecule has 3 aromatic rings. The number of halogens is 4. The van der Waals surface area contributed by atoms with Gasteiger partial charge in [-0.05, 0) is 24.3 Å². The summed E-state index contributed by atoms with van der Waals surface area (Å²) in [5.41, 5.74) is 0.324. The standard InChI is InChI=1S/C18H14ClF3N4O2/c19-11-4-1-2-5-12(11)25-17(27)10-9-23-26-15(18(20,21)22)8-13(24-16(10)26)14-6-3-7-28-14/h1-7,9,13,15,24H,8H2,(H,25,27)/t13-,15+/m0/s1. The molecule has 0 aliphatic carbocycles. The van der Waals surface area contributed by atoms with E-state index in [1.807, 2.05) is 0 Å². The maximum absolute atomic E-state index is 13.6. The third-order valence-electron chi connectivity index (χ3n) is 4.49. The summed E-state index contributed by atoms with van der Waals surface area (Å²) < 4.78 is 46.9. The number of nitrogens with one attached hydrogen (secondary N) is 2. The molecule has 2 atom stereocenters. The summed E-state index contributed by atoms with van der Waals surface area (Å²) in [6.45, 7) is 0. The number of rotatable bonds is 3. The Hall–Kier alpha value is -2.94. The molecule has 0 radical (unpaired) electrons. The highest BCUT2D eigenvalue weighted by molar-refractivity contribution is 6.34. The Kier molecular flexibility index (Phi) is 4.54. The molecule has 0 saturated carbocycles. The van der Waals surface area contributed by atoms with Gasteiger partial charge in [0.05, 0.1) is 29.2 Å². The third-order valence-corrected chi connectivity index (χ3v) is 4.82. The second kappa shape index (κ2) is 6.90. The number of fused-ring (bicyclic) bond motifs is 1. The molecule has 2 N–H and O–H groups in total. The van der Waals surface area contributed by atoms with Crippen molar-refractivity contribution in [1.29, 1.82) is 0 Å². The van der Waals surface area contributed by atoms with E-state index >= 15 is 0 Å². The fraction of sp³-hybridized carbons (Fsp3) is 0.222. The summed E-state index contributed by atoms with van der Waals surface area (Å²) in [4.78, 5) is 12.7. The minimum atomic E-state index is -4.54. The van der Waals surface area contributed by atoms with Crippen LogP contribution in [0.4, 0.5) is 24.7 Å². The second-order valence-corrected chi connectivity index (χ2v) is 6.70. The van der Waals surface area contributed by atoms with E-state index < -0.39 is 24.2 Å². The van der Waals surface area contributed by atoms with E-state index in [4.69, 9.17) is 16.0 Å². The van der Waals surface area contributed by atoms with E-state index in [0.29, 0.717) is 16.5 Å². The highest BCUT2D eigenvalue weighted by Gasteiger charge is 2.47. The molecule has 1 aliphatic rings. The number of carbonyl (C=O) groups is 1. The van der Waals surface area contributed by atoms with Crippen molar-refractivity contribution >= 4 is 29.0 Å². The number of benzene rings is 1. The summed E-state index contributed by atoms with van der Waals surface area (Å²) in [5, 5.41) is 9.67. The van der Waals surface area contributed by atoms with Gasteiger partial charge in [-0.25, -0.2) is 4.68 Å². The Morgan fingerprint density at radius 2 is 2.07 bits per heavy atom. The number of nitrogens with zero attached hydrogens (tertiary/aromatic N) is 2. The summed E-state index contributed by atoms with van der Waals surface area (Å²) in [6.07, 6.45) is -2.35. The van der Waals surface area contributed by atoms with Gasteiger partial charge in [0.1, 0.15) is 17.1 Å². The molecule has 0 saturated heterocycles. The molecule has 0 bridgehead atoms. The van der Waals surface area contributed by atoms with Gasteiger partial charge in [0.2, 0.25) is 0 Å². The molecule has 1 aliphatic heterocycles. The molecule has 28 heavy (non-hydrogen) atoms. The van der Waals surface area contributed by atoms with Crippen molar-refractivity contribution in [2.75, 3.05) is 10.6 Å². The molecular weight excluding hydrogens is 397 g/mol. The third kappa shape index (κ3) is 3.33. The van der Waals surface area contributed by atoms with Gasteiger partial charge in [-0.2, -0.15) is 18.3 Å². The van der Waals surface area contributed by atoms with Gasteiger partial charge in [-0.1, -0.05) is 23.7 Å². The fourth-order valence-electron chi connectivity index (χ4n) is 3.16. The van der Waals surface area contributed by atoms with Crippen LogP contribution in [0.2, 0.25) is 5.02 Å². The SMILES string of the molecule is O=C(Nc1ccccc1Cl)c1cnn2c1N[C@H](c1ccco1)C[C@@H]2C(F)(F)F. The van der Waals surface area contributed by atoms with Crippen molar-refractivity contribution in [2.24, 2.45) is 0 Å². The van der Waals surface area contributed by atoms with Crippen LogP contribution in [-0.2, 0) is 0 Å². The maximum Gasteiger partial charge on any atom is 0.410 e. The number of alkyl halides is 3. The van der Waals surface area contributed by atoms with Crippen LogP contribution in [0.5, 0.6) is 0 Å². The molecule has 6 nitrogen and oxygen atoms in total. The Labute approximate surface area is 162 Å². The number of aromatic nitrogens is 2. The van der Waals surface area contributed by atoms with Gasteiger partial charge in [0.25, 0.3) is 5.91 Å². The van der Waals surface area contributed by atoms with Gasteiger partial charge in [0, 0.05) is 6.42 Å². The van der Waals surface area contributed by atoms with Crippen LogP contribution < -0.4 is 10.6 Å². The maximum atomic E-state index is 13.6. The van der Waals surface area contributed by atoms with Crippen molar-refractivity contribution in [3.8, 4) is 0 Å². The van der Waals surface area contributed by atoms with Crippen molar-refractivity contribution in [1.82, 2.24) is 9.78 Å². The zero-order valence-corrected chi connectivity index (χ0v) is 15.0. The minimum absolute atomic E-state index is 0.0228. The van der Waals surface area contributed by atoms with E-state index in [9.17, 15) is 18.0 Å². The molecule has 0 fully saturated rings. The van der Waals surface area contributed by atoms with Crippen molar-refractivity contribution in [3.63, 3.8) is 0 Å². The van der Waals surface area contributed by atoms with Crippen LogP contribution in [0.15, 0.2) is 53.3 Å². The lowest BCUT2D eigenvalue weighted by Gasteiger charge is -2.32. The van der Waals surface area contributed by atoms with Crippen molar-refractivity contribution in [2.45, 2.75) is 24.7 Å². The number of hydrogen-bond donors (Lipinski definition) is 2. The topological polar surface area (TPSA) is 72.1 Å². The van der Waals surface area contributed by atoms with Crippen molar-refractivity contribution in [3.05, 3.63) is 65.2 Å². The quantitative estimate of drug-likeness (QED) is 0.634. The number of anilines is 2. The average Bonchev–Trinajstić information content (AvgIpc) is 3.31. The van der Waals surface area contributed by atoms with Crippen LogP contribution >= 0.6 is 11.6 Å². The molecule has 0 unspecified atom stereocenters. The van der Waals surface area contributed by atoms with E-state index in [0.717, 1.165) is 10.9 Å². The summed E-state index contributed by atoms with van der Waals surface area (Å²) >= 11 is 6.03. The Balaban J connectivity index is 1.70. The Bertz CT molecular complexity index is 1000. The normalized spacial score (nSPS) is 19.0. The van der Waals surface area contributed by atoms with Gasteiger partial charge < -0.3 is 15.1 Å². The average molecular weight is 411 g/mol. The first-order chi connectivity index (χ1) is 13.3. The highest BCUT2D eigenvalue weighted by atomic mass is 35.5.